The molecule has 0 saturated carbocycles. The molecule has 26 heavy (non-hydrogen) atoms. The van der Waals surface area contributed by atoms with Gasteiger partial charge in [-0.3, -0.25) is 9.52 Å². The first-order valence-corrected chi connectivity index (χ1v) is 8.82. The van der Waals surface area contributed by atoms with Crippen LogP contribution in [-0.2, 0) is 6.18 Å². The number of amides is 1. The minimum Gasteiger partial charge on any atom is -0.457 e. The van der Waals surface area contributed by atoms with Crippen LogP contribution in [0.1, 0.15) is 15.9 Å². The molecule has 0 aliphatic rings. The summed E-state index contributed by atoms with van der Waals surface area (Å²) in [6.45, 7) is 0. The Morgan fingerprint density at radius 1 is 1.04 bits per heavy atom. The lowest BCUT2D eigenvalue weighted by molar-refractivity contribution is -0.137. The number of alkyl halides is 3. The lowest BCUT2D eigenvalue weighted by Crippen LogP contribution is -2.14. The second kappa shape index (κ2) is 7.29. The summed E-state index contributed by atoms with van der Waals surface area (Å²) in [7, 11) is 0. The first-order chi connectivity index (χ1) is 12.4. The number of carbonyl (C=O) groups is 1. The van der Waals surface area contributed by atoms with Crippen molar-refractivity contribution in [3.05, 3.63) is 71.8 Å². The number of benzene rings is 3. The van der Waals surface area contributed by atoms with Gasteiger partial charge in [-0.25, -0.2) is 0 Å². The van der Waals surface area contributed by atoms with Gasteiger partial charge in [0.05, 0.1) is 5.56 Å². The van der Waals surface area contributed by atoms with Gasteiger partial charge in [-0.1, -0.05) is 24.1 Å². The second-order valence-electron chi connectivity index (χ2n) is 5.45. The van der Waals surface area contributed by atoms with E-state index in [1.54, 1.807) is 36.6 Å². The summed E-state index contributed by atoms with van der Waals surface area (Å²) in [6.07, 6.45) is -2.62. The van der Waals surface area contributed by atoms with E-state index in [2.05, 4.69) is 4.72 Å². The van der Waals surface area contributed by atoms with Crippen LogP contribution in [0.3, 0.4) is 0 Å². The molecule has 0 unspecified atom stereocenters. The summed E-state index contributed by atoms with van der Waals surface area (Å²) in [5, 5.41) is 1.55. The van der Waals surface area contributed by atoms with Crippen molar-refractivity contribution in [1.29, 1.82) is 0 Å². The Morgan fingerprint density at radius 3 is 2.42 bits per heavy atom. The highest BCUT2D eigenvalue weighted by Gasteiger charge is 2.30. The molecule has 0 spiro atoms. The molecule has 0 saturated heterocycles. The monoisotopic (exact) mass is 377 g/mol. The Kier molecular flexibility index (Phi) is 5.08. The van der Waals surface area contributed by atoms with Gasteiger partial charge < -0.3 is 4.74 Å². The molecule has 0 aliphatic carbocycles. The van der Waals surface area contributed by atoms with Gasteiger partial charge in [0, 0.05) is 17.2 Å². The zero-order valence-corrected chi connectivity index (χ0v) is 14.4. The van der Waals surface area contributed by atoms with Crippen molar-refractivity contribution < 1.29 is 22.7 Å². The van der Waals surface area contributed by atoms with E-state index in [1.165, 1.54) is 24.1 Å². The van der Waals surface area contributed by atoms with Crippen LogP contribution in [0.25, 0.3) is 10.8 Å². The maximum absolute atomic E-state index is 12.6. The fraction of sp³-hybridized carbons (Fsp3) is 0.105. The van der Waals surface area contributed by atoms with E-state index >= 15 is 0 Å². The van der Waals surface area contributed by atoms with Crippen molar-refractivity contribution in [2.45, 2.75) is 6.18 Å². The van der Waals surface area contributed by atoms with Crippen molar-refractivity contribution in [1.82, 2.24) is 4.72 Å². The molecule has 0 bridgehead atoms. The Morgan fingerprint density at radius 2 is 1.77 bits per heavy atom. The number of nitrogens with one attached hydrogen (secondary N) is 1. The van der Waals surface area contributed by atoms with Crippen LogP contribution in [0.5, 0.6) is 11.5 Å². The van der Waals surface area contributed by atoms with Crippen molar-refractivity contribution >= 4 is 28.6 Å². The molecule has 0 aromatic heterocycles. The van der Waals surface area contributed by atoms with Crippen LogP contribution < -0.4 is 9.46 Å². The van der Waals surface area contributed by atoms with Gasteiger partial charge in [0.1, 0.15) is 11.5 Å². The van der Waals surface area contributed by atoms with Gasteiger partial charge in [0.2, 0.25) is 0 Å². The normalized spacial score (nSPS) is 11.4. The van der Waals surface area contributed by atoms with Crippen LogP contribution in [0.2, 0.25) is 0 Å². The van der Waals surface area contributed by atoms with E-state index < -0.39 is 11.7 Å². The number of hydrogen-bond acceptors (Lipinski definition) is 3. The molecule has 3 aromatic carbocycles. The minimum atomic E-state index is -4.38. The predicted octanol–water partition coefficient (Wildman–Crippen LogP) is 5.66. The fourth-order valence-electron chi connectivity index (χ4n) is 2.47. The molecule has 1 N–H and O–H groups in total. The molecule has 7 heteroatoms. The first kappa shape index (κ1) is 18.1. The van der Waals surface area contributed by atoms with E-state index in [9.17, 15) is 18.0 Å². The fourth-order valence-corrected chi connectivity index (χ4v) is 2.78. The van der Waals surface area contributed by atoms with Crippen LogP contribution in [-0.4, -0.2) is 12.2 Å². The average Bonchev–Trinajstić information content (AvgIpc) is 2.61. The van der Waals surface area contributed by atoms with E-state index in [-0.39, 0.29) is 5.91 Å². The maximum atomic E-state index is 12.6. The third-order valence-electron chi connectivity index (χ3n) is 3.71. The summed E-state index contributed by atoms with van der Waals surface area (Å²) >= 11 is 1.21. The topological polar surface area (TPSA) is 38.3 Å². The summed E-state index contributed by atoms with van der Waals surface area (Å²) in [5.74, 6) is 0.599. The largest absolute Gasteiger partial charge is 0.457 e. The lowest BCUT2D eigenvalue weighted by Gasteiger charge is -2.11. The second-order valence-corrected chi connectivity index (χ2v) is 6.06. The summed E-state index contributed by atoms with van der Waals surface area (Å²) < 4.78 is 46.3. The first-order valence-electron chi connectivity index (χ1n) is 7.60. The Bertz CT molecular complexity index is 940. The van der Waals surface area contributed by atoms with Crippen LogP contribution in [0, 0.1) is 0 Å². The highest BCUT2D eigenvalue weighted by atomic mass is 32.2. The number of carbonyl (C=O) groups excluding carboxylic acids is 1. The molecule has 0 fully saturated rings. The molecule has 1 amide bonds. The molecule has 0 aliphatic heterocycles. The molecule has 3 nitrogen and oxygen atoms in total. The van der Waals surface area contributed by atoms with Gasteiger partial charge in [0.15, 0.2) is 0 Å². The maximum Gasteiger partial charge on any atom is 0.416 e. The lowest BCUT2D eigenvalue weighted by atomic mass is 10.1. The highest BCUT2D eigenvalue weighted by Crippen LogP contribution is 2.33. The molecule has 134 valence electrons. The van der Waals surface area contributed by atoms with Gasteiger partial charge in [0.25, 0.3) is 5.91 Å². The third-order valence-corrected chi connectivity index (χ3v) is 4.10. The molecule has 3 rings (SSSR count). The van der Waals surface area contributed by atoms with E-state index in [4.69, 9.17) is 4.74 Å². The van der Waals surface area contributed by atoms with Crippen molar-refractivity contribution in [3.63, 3.8) is 0 Å². The molecule has 0 radical (unpaired) electrons. The molecule has 0 atom stereocenters. The smallest absolute Gasteiger partial charge is 0.416 e. The van der Waals surface area contributed by atoms with Crippen molar-refractivity contribution in [3.8, 4) is 11.5 Å². The van der Waals surface area contributed by atoms with Gasteiger partial charge in [-0.2, -0.15) is 13.2 Å². The van der Waals surface area contributed by atoms with Crippen LogP contribution >= 0.6 is 11.9 Å². The van der Waals surface area contributed by atoms with E-state index in [1.807, 2.05) is 6.07 Å². The van der Waals surface area contributed by atoms with Crippen LogP contribution in [0.15, 0.2) is 60.7 Å². The minimum absolute atomic E-state index is 0.200. The summed E-state index contributed by atoms with van der Waals surface area (Å²) in [4.78, 5) is 11.9. The zero-order chi connectivity index (χ0) is 18.7. The average molecular weight is 377 g/mol. The Balaban J connectivity index is 1.89. The summed E-state index contributed by atoms with van der Waals surface area (Å²) in [6, 6.07) is 15.0. The number of hydrogen-bond donors (Lipinski definition) is 1. The number of ether oxygens (including phenoxy) is 1. The zero-order valence-electron chi connectivity index (χ0n) is 13.6. The van der Waals surface area contributed by atoms with Gasteiger partial charge in [-0.15, -0.1) is 0 Å². The molecule has 3 aromatic rings. The van der Waals surface area contributed by atoms with E-state index in [0.29, 0.717) is 17.1 Å². The number of fused-ring (bicyclic) bond motifs is 1. The third kappa shape index (κ3) is 3.94. The SMILES string of the molecule is CSNC(=O)c1ccc2c(Oc3ccc(C(F)(F)F)cc3)cccc2c1. The Labute approximate surface area is 152 Å². The van der Waals surface area contributed by atoms with Crippen molar-refractivity contribution in [2.24, 2.45) is 0 Å². The standard InChI is InChI=1S/C19H14F3NO2S/c1-26-23-18(24)13-5-10-16-12(11-13)3-2-4-17(16)25-15-8-6-14(7-9-15)19(20,21)22/h2-11H,1H3,(H,23,24). The predicted molar refractivity (Wildman–Crippen MR) is 96.4 cm³/mol. The molecule has 0 heterocycles. The summed E-state index contributed by atoms with van der Waals surface area (Å²) in [5.41, 5.74) is -0.217. The quantitative estimate of drug-likeness (QED) is 0.597. The van der Waals surface area contributed by atoms with Crippen LogP contribution in [0.4, 0.5) is 13.2 Å². The molecular formula is C19H14F3NO2S. The Hall–Kier alpha value is -2.67. The van der Waals surface area contributed by atoms with E-state index in [0.717, 1.165) is 22.9 Å². The van der Waals surface area contributed by atoms with Gasteiger partial charge >= 0.3 is 6.18 Å². The molecular weight excluding hydrogens is 363 g/mol. The number of rotatable bonds is 4. The highest BCUT2D eigenvalue weighted by molar-refractivity contribution is 7.97. The number of halogens is 3. The van der Waals surface area contributed by atoms with Gasteiger partial charge in [-0.05, 0) is 53.9 Å². The van der Waals surface area contributed by atoms with Crippen molar-refractivity contribution in [2.75, 3.05) is 6.26 Å².